The average molecular weight is 318 g/mol. The van der Waals surface area contributed by atoms with Crippen LogP contribution in [0.2, 0.25) is 0 Å². The van der Waals surface area contributed by atoms with Gasteiger partial charge in [0.05, 0.1) is 0 Å². The van der Waals surface area contributed by atoms with Crippen molar-refractivity contribution in [3.8, 4) is 0 Å². The summed E-state index contributed by atoms with van der Waals surface area (Å²) in [6, 6.07) is 6.59. The SMILES string of the molecule is CCS[C@@H]1CCC[C@@H]1NC(=O)c1ccc2c(c1)CCNCC2. The van der Waals surface area contributed by atoms with Crippen LogP contribution in [-0.2, 0) is 12.8 Å². The van der Waals surface area contributed by atoms with Gasteiger partial charge >= 0.3 is 0 Å². The lowest BCUT2D eigenvalue weighted by Crippen LogP contribution is -2.38. The van der Waals surface area contributed by atoms with Gasteiger partial charge in [-0.3, -0.25) is 4.79 Å². The molecule has 1 saturated carbocycles. The van der Waals surface area contributed by atoms with Crippen LogP contribution in [0.25, 0.3) is 0 Å². The molecule has 22 heavy (non-hydrogen) atoms. The van der Waals surface area contributed by atoms with E-state index in [0.29, 0.717) is 11.3 Å². The first-order valence-electron chi connectivity index (χ1n) is 8.53. The van der Waals surface area contributed by atoms with Gasteiger partial charge in [-0.05, 0) is 67.8 Å². The second-order valence-corrected chi connectivity index (χ2v) is 7.75. The summed E-state index contributed by atoms with van der Waals surface area (Å²) in [6.45, 7) is 4.24. The zero-order valence-corrected chi connectivity index (χ0v) is 14.2. The molecule has 120 valence electrons. The second kappa shape index (κ2) is 7.51. The van der Waals surface area contributed by atoms with Crippen LogP contribution in [0.15, 0.2) is 18.2 Å². The maximum absolute atomic E-state index is 12.6. The number of fused-ring (bicyclic) bond motifs is 1. The van der Waals surface area contributed by atoms with Crippen LogP contribution in [-0.4, -0.2) is 36.0 Å². The molecule has 0 bridgehead atoms. The molecule has 4 heteroatoms. The third-order valence-electron chi connectivity index (χ3n) is 4.76. The first kappa shape index (κ1) is 15.9. The molecule has 0 spiro atoms. The van der Waals surface area contributed by atoms with Crippen molar-refractivity contribution < 1.29 is 4.79 Å². The molecule has 1 amide bonds. The van der Waals surface area contributed by atoms with E-state index in [4.69, 9.17) is 0 Å². The minimum atomic E-state index is 0.105. The predicted octanol–water partition coefficient (Wildman–Crippen LogP) is 2.78. The number of hydrogen-bond donors (Lipinski definition) is 2. The molecule has 3 rings (SSSR count). The van der Waals surface area contributed by atoms with E-state index in [9.17, 15) is 4.79 Å². The standard InChI is InChI=1S/C18H26N2OS/c1-2-22-17-5-3-4-16(17)20-18(21)15-7-6-13-8-10-19-11-9-14(13)12-15/h6-7,12,16-17,19H,2-5,8-11H2,1H3,(H,20,21)/t16-,17+/m0/s1. The Morgan fingerprint density at radius 2 is 2.09 bits per heavy atom. The van der Waals surface area contributed by atoms with Crippen LogP contribution in [0.4, 0.5) is 0 Å². The molecule has 1 fully saturated rings. The lowest BCUT2D eigenvalue weighted by atomic mass is 9.99. The molecule has 0 radical (unpaired) electrons. The maximum atomic E-state index is 12.6. The molecule has 2 N–H and O–H groups in total. The van der Waals surface area contributed by atoms with E-state index in [2.05, 4.69) is 29.7 Å². The molecule has 1 aromatic rings. The van der Waals surface area contributed by atoms with Crippen molar-refractivity contribution in [3.63, 3.8) is 0 Å². The molecule has 1 aliphatic heterocycles. The maximum Gasteiger partial charge on any atom is 0.251 e. The first-order valence-corrected chi connectivity index (χ1v) is 9.58. The summed E-state index contributed by atoms with van der Waals surface area (Å²) >= 11 is 1.99. The number of hydrogen-bond acceptors (Lipinski definition) is 3. The highest BCUT2D eigenvalue weighted by Gasteiger charge is 2.28. The van der Waals surface area contributed by atoms with E-state index in [1.165, 1.54) is 24.0 Å². The largest absolute Gasteiger partial charge is 0.348 e. The average Bonchev–Trinajstić information content (AvgIpc) is 2.82. The predicted molar refractivity (Wildman–Crippen MR) is 93.7 cm³/mol. The molecule has 2 aliphatic rings. The van der Waals surface area contributed by atoms with Gasteiger partial charge in [-0.1, -0.05) is 19.4 Å². The molecule has 1 aromatic carbocycles. The number of amides is 1. The number of carbonyl (C=O) groups is 1. The molecule has 0 unspecified atom stereocenters. The summed E-state index contributed by atoms with van der Waals surface area (Å²) in [7, 11) is 0. The molecule has 1 aliphatic carbocycles. The second-order valence-electron chi connectivity index (χ2n) is 6.24. The molecule has 0 saturated heterocycles. The molecular weight excluding hydrogens is 292 g/mol. The number of thioether (sulfide) groups is 1. The van der Waals surface area contributed by atoms with E-state index in [1.54, 1.807) is 0 Å². The van der Waals surface area contributed by atoms with Gasteiger partial charge < -0.3 is 10.6 Å². The third kappa shape index (κ3) is 3.66. The van der Waals surface area contributed by atoms with Gasteiger partial charge in [0.15, 0.2) is 0 Å². The zero-order chi connectivity index (χ0) is 15.4. The van der Waals surface area contributed by atoms with Crippen molar-refractivity contribution >= 4 is 17.7 Å². The molecular formula is C18H26N2OS. The summed E-state index contributed by atoms with van der Waals surface area (Å²) in [4.78, 5) is 12.6. The Bertz CT molecular complexity index is 532. The monoisotopic (exact) mass is 318 g/mol. The van der Waals surface area contributed by atoms with Gasteiger partial charge in [0.25, 0.3) is 5.91 Å². The lowest BCUT2D eigenvalue weighted by Gasteiger charge is -2.20. The van der Waals surface area contributed by atoms with Gasteiger partial charge in [0, 0.05) is 16.9 Å². The van der Waals surface area contributed by atoms with Crippen molar-refractivity contribution in [3.05, 3.63) is 34.9 Å². The highest BCUT2D eigenvalue weighted by molar-refractivity contribution is 7.99. The van der Waals surface area contributed by atoms with E-state index in [1.807, 2.05) is 17.8 Å². The van der Waals surface area contributed by atoms with E-state index < -0.39 is 0 Å². The Balaban J connectivity index is 1.68. The summed E-state index contributed by atoms with van der Waals surface area (Å²) < 4.78 is 0. The van der Waals surface area contributed by atoms with Gasteiger partial charge in [0.1, 0.15) is 0 Å². The van der Waals surface area contributed by atoms with Crippen molar-refractivity contribution in [2.75, 3.05) is 18.8 Å². The Morgan fingerprint density at radius 3 is 2.91 bits per heavy atom. The first-order chi connectivity index (χ1) is 10.8. The minimum absolute atomic E-state index is 0.105. The van der Waals surface area contributed by atoms with Crippen LogP contribution in [0.5, 0.6) is 0 Å². The summed E-state index contributed by atoms with van der Waals surface area (Å²) in [5.74, 6) is 1.23. The summed E-state index contributed by atoms with van der Waals surface area (Å²) in [6.07, 6.45) is 5.68. The summed E-state index contributed by atoms with van der Waals surface area (Å²) in [5, 5.41) is 7.29. The third-order valence-corrected chi connectivity index (χ3v) is 6.09. The summed E-state index contributed by atoms with van der Waals surface area (Å²) in [5.41, 5.74) is 3.55. The number of nitrogens with one attached hydrogen (secondary N) is 2. The fraction of sp³-hybridized carbons (Fsp3) is 0.611. The van der Waals surface area contributed by atoms with Gasteiger partial charge in [0.2, 0.25) is 0 Å². The van der Waals surface area contributed by atoms with E-state index in [-0.39, 0.29) is 5.91 Å². The van der Waals surface area contributed by atoms with E-state index in [0.717, 1.165) is 43.7 Å². The zero-order valence-electron chi connectivity index (χ0n) is 13.4. The van der Waals surface area contributed by atoms with Crippen molar-refractivity contribution in [1.29, 1.82) is 0 Å². The molecule has 0 aromatic heterocycles. The molecule has 3 nitrogen and oxygen atoms in total. The highest BCUT2D eigenvalue weighted by Crippen LogP contribution is 2.30. The van der Waals surface area contributed by atoms with Gasteiger partial charge in [-0.2, -0.15) is 11.8 Å². The molecule has 2 atom stereocenters. The van der Waals surface area contributed by atoms with Crippen LogP contribution in [0.3, 0.4) is 0 Å². The number of benzene rings is 1. The Morgan fingerprint density at radius 1 is 1.27 bits per heavy atom. The van der Waals surface area contributed by atoms with Crippen molar-refractivity contribution in [2.24, 2.45) is 0 Å². The van der Waals surface area contributed by atoms with Gasteiger partial charge in [-0.15, -0.1) is 0 Å². The highest BCUT2D eigenvalue weighted by atomic mass is 32.2. The Kier molecular flexibility index (Phi) is 5.42. The fourth-order valence-electron chi connectivity index (χ4n) is 3.57. The van der Waals surface area contributed by atoms with E-state index >= 15 is 0 Å². The smallest absolute Gasteiger partial charge is 0.251 e. The number of rotatable bonds is 4. The topological polar surface area (TPSA) is 41.1 Å². The molecule has 1 heterocycles. The Hall–Kier alpha value is -1.00. The Labute approximate surface area is 137 Å². The minimum Gasteiger partial charge on any atom is -0.348 e. The normalized spacial score (nSPS) is 24.6. The van der Waals surface area contributed by atoms with Crippen LogP contribution < -0.4 is 10.6 Å². The van der Waals surface area contributed by atoms with Crippen LogP contribution in [0.1, 0.15) is 47.7 Å². The fourth-order valence-corrected chi connectivity index (χ4v) is 4.77. The quantitative estimate of drug-likeness (QED) is 0.897. The number of carbonyl (C=O) groups excluding carboxylic acids is 1. The van der Waals surface area contributed by atoms with Crippen molar-refractivity contribution in [1.82, 2.24) is 10.6 Å². The van der Waals surface area contributed by atoms with Gasteiger partial charge in [-0.25, -0.2) is 0 Å². The van der Waals surface area contributed by atoms with Crippen molar-refractivity contribution in [2.45, 2.75) is 50.3 Å². The van der Waals surface area contributed by atoms with Crippen LogP contribution in [0, 0.1) is 0 Å². The lowest BCUT2D eigenvalue weighted by molar-refractivity contribution is 0.0938. The van der Waals surface area contributed by atoms with Crippen LogP contribution >= 0.6 is 11.8 Å².